The van der Waals surface area contributed by atoms with Crippen LogP contribution in [0.3, 0.4) is 0 Å². The van der Waals surface area contributed by atoms with Crippen LogP contribution in [0, 0.1) is 0 Å². The van der Waals surface area contributed by atoms with Crippen LogP contribution in [0.2, 0.25) is 0 Å². The van der Waals surface area contributed by atoms with Crippen LogP contribution in [0.15, 0.2) is 0 Å². The Morgan fingerprint density at radius 1 is 1.25 bits per heavy atom. The Labute approximate surface area is 59.8 Å². The van der Waals surface area contributed by atoms with Gasteiger partial charge in [0.25, 0.3) is 0 Å². The minimum absolute atomic E-state index is 0. The van der Waals surface area contributed by atoms with Crippen molar-refractivity contribution in [3.05, 3.63) is 0 Å². The molecule has 1 N–H and O–H groups in total. The molecule has 0 saturated heterocycles. The zero-order chi connectivity index (χ0) is 2.00. The average molecular weight is 171 g/mol. The number of halogens is 1. The fraction of sp³-hybridized carbons (Fsp3) is 0. The van der Waals surface area contributed by atoms with Gasteiger partial charge in [-0.3, -0.25) is 4.66 Å². The predicted molar refractivity (Wildman–Crippen MR) is 13.8 cm³/mol. The van der Waals surface area contributed by atoms with Crippen molar-refractivity contribution in [1.29, 1.82) is 0 Å². The molecule has 0 aromatic carbocycles. The van der Waals surface area contributed by atoms with E-state index < -0.39 is 0 Å². The largest absolute Gasteiger partial charge is 0.295 e. The van der Waals surface area contributed by atoms with E-state index in [4.69, 9.17) is 4.66 Å². The normalized spacial score (nSPS) is 1.50. The Hall–Kier alpha value is 1.67. The smallest absolute Gasteiger partial charge is 0.0579 e. The van der Waals surface area contributed by atoms with Gasteiger partial charge in [0.15, 0.2) is 0 Å². The molecule has 0 atom stereocenters. The molecule has 0 aromatic heterocycles. The van der Waals surface area contributed by atoms with Crippen LogP contribution in [0.5, 0.6) is 0 Å². The Balaban J connectivity index is -0.00000000500. The van der Waals surface area contributed by atoms with Gasteiger partial charge in [-0.15, -0.1) is 0 Å². The molecule has 0 bridgehead atoms. The van der Waals surface area contributed by atoms with Crippen molar-refractivity contribution in [1.82, 2.24) is 0 Å². The quantitative estimate of drug-likeness (QED) is 0.498. The van der Waals surface area contributed by atoms with Crippen molar-refractivity contribution in [2.75, 3.05) is 0 Å². The monoisotopic (exact) mass is 169 g/mol. The maximum Gasteiger partial charge on any atom is 0.0579 e. The van der Waals surface area contributed by atoms with Crippen LogP contribution in [-0.2, 0) is 26.2 Å². The summed E-state index contributed by atoms with van der Waals surface area (Å²) in [5, 5.41) is 0. The second kappa shape index (κ2) is 22.6. The number of rotatable bonds is 0. The van der Waals surface area contributed by atoms with E-state index in [2.05, 4.69) is 11.9 Å². The zero-order valence-corrected chi connectivity index (χ0v) is 6.27. The second-order valence-electron chi connectivity index (χ2n) is 0. The Morgan fingerprint density at radius 2 is 1.25 bits per heavy atom. The van der Waals surface area contributed by atoms with Crippen molar-refractivity contribution in [2.24, 2.45) is 0 Å². The predicted octanol–water partition coefficient (Wildman–Crippen LogP) is -0.251. The van der Waals surface area contributed by atoms with Gasteiger partial charge in [-0.1, -0.05) is 0 Å². The molecule has 0 saturated carbocycles. The molecule has 0 unspecified atom stereocenters. The molecule has 0 spiro atoms. The fourth-order valence-electron chi connectivity index (χ4n) is 0. The number of hydrogen-bond donors (Lipinski definition) is 1. The van der Waals surface area contributed by atoms with Crippen LogP contribution in [0.4, 0.5) is 0 Å². The fourth-order valence-corrected chi connectivity index (χ4v) is 0. The first-order valence-corrected chi connectivity index (χ1v) is 0.507. The molecule has 4 heteroatoms. The molecule has 3 radical (unpaired) electrons. The van der Waals surface area contributed by atoms with Gasteiger partial charge in [-0.2, -0.15) is 0 Å². The first-order chi connectivity index (χ1) is 1.00. The van der Waals surface area contributed by atoms with E-state index in [1.807, 2.05) is 0 Å². The minimum Gasteiger partial charge on any atom is -0.295 e. The van der Waals surface area contributed by atoms with E-state index in [1.165, 1.54) is 0 Å². The molecular formula is HAlClOZr. The van der Waals surface area contributed by atoms with Crippen molar-refractivity contribution in [3.8, 4) is 0 Å². The van der Waals surface area contributed by atoms with E-state index in [9.17, 15) is 0 Å². The van der Waals surface area contributed by atoms with Crippen LogP contribution in [-0.4, -0.2) is 22.0 Å². The Morgan fingerprint density at radius 3 is 1.25 bits per heavy atom. The first-order valence-electron chi connectivity index (χ1n) is 0.169. The molecule has 0 aliphatic rings. The Kier molecular flexibility index (Phi) is 98.1. The second-order valence-corrected chi connectivity index (χ2v) is 0. The van der Waals surface area contributed by atoms with Gasteiger partial charge in [0.2, 0.25) is 0 Å². The van der Waals surface area contributed by atoms with Crippen molar-refractivity contribution < 1.29 is 30.9 Å². The van der Waals surface area contributed by atoms with Gasteiger partial charge < -0.3 is 0 Å². The summed E-state index contributed by atoms with van der Waals surface area (Å²) in [5.74, 6) is 0. The average Bonchev–Trinajstić information content (AvgIpc) is 1.00. The van der Waals surface area contributed by atoms with Gasteiger partial charge in [0.05, 0.1) is 11.9 Å². The van der Waals surface area contributed by atoms with E-state index >= 15 is 0 Å². The van der Waals surface area contributed by atoms with E-state index in [1.54, 1.807) is 0 Å². The molecule has 0 aliphatic heterocycles. The number of hydrogen-bond acceptors (Lipinski definition) is 1. The molecular weight excluding hydrogens is 170 g/mol. The van der Waals surface area contributed by atoms with E-state index in [0.29, 0.717) is 0 Å². The standard InChI is InChI=1S/Al.ClHO.Zr/c;1-2;/h;2H;. The molecule has 21 valence electrons. The van der Waals surface area contributed by atoms with Crippen LogP contribution in [0.1, 0.15) is 0 Å². The first kappa shape index (κ1) is 17.4. The summed E-state index contributed by atoms with van der Waals surface area (Å²) in [7, 11) is 0. The summed E-state index contributed by atoms with van der Waals surface area (Å²) in [6, 6.07) is 0. The van der Waals surface area contributed by atoms with E-state index in [-0.39, 0.29) is 43.6 Å². The third-order valence-corrected chi connectivity index (χ3v) is 0. The minimum atomic E-state index is 0. The summed E-state index contributed by atoms with van der Waals surface area (Å²) in [4.78, 5) is 0. The molecule has 4 heavy (non-hydrogen) atoms. The summed E-state index contributed by atoms with van der Waals surface area (Å²) in [5.41, 5.74) is 0. The van der Waals surface area contributed by atoms with Crippen LogP contribution < -0.4 is 0 Å². The van der Waals surface area contributed by atoms with E-state index in [0.717, 1.165) is 0 Å². The SMILES string of the molecule is OCl.[Al].[Zr]. The molecule has 0 amide bonds. The van der Waals surface area contributed by atoms with Crippen LogP contribution in [0.25, 0.3) is 0 Å². The maximum absolute atomic E-state index is 6.47. The molecule has 0 aliphatic carbocycles. The van der Waals surface area contributed by atoms with Crippen molar-refractivity contribution >= 4 is 29.2 Å². The topological polar surface area (TPSA) is 20.2 Å². The summed E-state index contributed by atoms with van der Waals surface area (Å²) >= 11 is 3.64. The van der Waals surface area contributed by atoms with Crippen molar-refractivity contribution in [3.63, 3.8) is 0 Å². The third-order valence-electron chi connectivity index (χ3n) is 0. The molecule has 0 rings (SSSR count). The summed E-state index contributed by atoms with van der Waals surface area (Å²) < 4.78 is 6.47. The Bertz CT molecular complexity index is 8.00. The molecule has 0 fully saturated rings. The zero-order valence-electron chi connectivity index (χ0n) is 1.90. The maximum atomic E-state index is 6.47. The third kappa shape index (κ3) is 9.39. The molecule has 0 heterocycles. The van der Waals surface area contributed by atoms with Gasteiger partial charge in [-0.05, 0) is 0 Å². The summed E-state index contributed by atoms with van der Waals surface area (Å²) in [6.07, 6.45) is 0. The van der Waals surface area contributed by atoms with Gasteiger partial charge in [0.1, 0.15) is 0 Å². The summed E-state index contributed by atoms with van der Waals surface area (Å²) in [6.45, 7) is 0. The van der Waals surface area contributed by atoms with Gasteiger partial charge >= 0.3 is 0 Å². The molecule has 1 nitrogen and oxygen atoms in total. The van der Waals surface area contributed by atoms with Crippen molar-refractivity contribution in [2.45, 2.75) is 0 Å². The van der Waals surface area contributed by atoms with Gasteiger partial charge in [0, 0.05) is 43.6 Å². The molecule has 0 aromatic rings. The van der Waals surface area contributed by atoms with Gasteiger partial charge in [-0.25, -0.2) is 0 Å². The van der Waals surface area contributed by atoms with Crippen LogP contribution >= 0.6 is 11.9 Å².